The summed E-state index contributed by atoms with van der Waals surface area (Å²) in [4.78, 5) is 10.4. The fourth-order valence-electron chi connectivity index (χ4n) is 4.05. The molecule has 0 radical (unpaired) electrons. The molecule has 28 heavy (non-hydrogen) atoms. The Kier molecular flexibility index (Phi) is 6.38. The molecule has 146 valence electrons. The van der Waals surface area contributed by atoms with E-state index in [4.69, 9.17) is 9.98 Å². The second kappa shape index (κ2) is 9.54. The van der Waals surface area contributed by atoms with Gasteiger partial charge in [-0.25, -0.2) is 0 Å². The topological polar surface area (TPSA) is 48.8 Å². The van der Waals surface area contributed by atoms with Crippen LogP contribution in [0.1, 0.15) is 38.5 Å². The normalized spacial score (nSPS) is 27.7. The zero-order valence-corrected chi connectivity index (χ0v) is 16.5. The molecule has 0 amide bonds. The van der Waals surface area contributed by atoms with Crippen molar-refractivity contribution >= 4 is 11.4 Å². The lowest BCUT2D eigenvalue weighted by Gasteiger charge is -2.28. The van der Waals surface area contributed by atoms with Gasteiger partial charge in [-0.15, -0.1) is 0 Å². The van der Waals surface area contributed by atoms with Gasteiger partial charge in [-0.05, 0) is 50.0 Å². The molecule has 0 spiro atoms. The van der Waals surface area contributed by atoms with E-state index < -0.39 is 0 Å². The Labute approximate surface area is 168 Å². The molecule has 1 saturated carbocycles. The average Bonchev–Trinajstić information content (AvgIpc) is 3.07. The van der Waals surface area contributed by atoms with E-state index in [0.717, 1.165) is 61.6 Å². The van der Waals surface area contributed by atoms with E-state index >= 15 is 0 Å². The zero-order valence-electron chi connectivity index (χ0n) is 16.5. The quantitative estimate of drug-likeness (QED) is 0.668. The first kappa shape index (κ1) is 18.7. The third-order valence-electron chi connectivity index (χ3n) is 5.57. The number of aliphatic imine (C=N–C) groups is 2. The molecular formula is C24H30N4. The Morgan fingerprint density at radius 2 is 1.11 bits per heavy atom. The summed E-state index contributed by atoms with van der Waals surface area (Å²) < 4.78 is 0. The molecule has 1 fully saturated rings. The van der Waals surface area contributed by atoms with Gasteiger partial charge in [0.25, 0.3) is 0 Å². The van der Waals surface area contributed by atoms with Crippen LogP contribution >= 0.6 is 0 Å². The maximum atomic E-state index is 5.20. The fourth-order valence-corrected chi connectivity index (χ4v) is 4.05. The smallest absolute Gasteiger partial charge is 0.0810 e. The van der Waals surface area contributed by atoms with Gasteiger partial charge in [-0.1, -0.05) is 49.3 Å². The van der Waals surface area contributed by atoms with Crippen molar-refractivity contribution in [3.05, 3.63) is 72.2 Å². The minimum absolute atomic E-state index is 0.234. The molecule has 0 bridgehead atoms. The molecule has 4 rings (SSSR count). The lowest BCUT2D eigenvalue weighted by atomic mass is 9.90. The summed E-state index contributed by atoms with van der Waals surface area (Å²) in [6, 6.07) is 0.469. The van der Waals surface area contributed by atoms with Crippen molar-refractivity contribution in [3.63, 3.8) is 0 Å². The maximum Gasteiger partial charge on any atom is 0.0810 e. The predicted molar refractivity (Wildman–Crippen MR) is 119 cm³/mol. The molecule has 4 heteroatoms. The highest BCUT2D eigenvalue weighted by Gasteiger charge is 2.26. The molecular weight excluding hydrogens is 344 g/mol. The summed E-state index contributed by atoms with van der Waals surface area (Å²) in [7, 11) is 0. The highest BCUT2D eigenvalue weighted by Crippen LogP contribution is 2.26. The highest BCUT2D eigenvalue weighted by molar-refractivity contribution is 6.09. The van der Waals surface area contributed by atoms with E-state index in [9.17, 15) is 0 Å². The molecule has 3 aliphatic carbocycles. The summed E-state index contributed by atoms with van der Waals surface area (Å²) in [5, 5.41) is 7.21. The van der Waals surface area contributed by atoms with Crippen molar-refractivity contribution in [2.45, 2.75) is 50.6 Å². The predicted octanol–water partition coefficient (Wildman–Crippen LogP) is 4.17. The summed E-state index contributed by atoms with van der Waals surface area (Å²) in [5.41, 5.74) is 4.38. The van der Waals surface area contributed by atoms with Crippen molar-refractivity contribution in [1.29, 1.82) is 0 Å². The van der Waals surface area contributed by atoms with E-state index in [1.807, 2.05) is 0 Å². The van der Waals surface area contributed by atoms with E-state index in [1.165, 1.54) is 12.8 Å². The first-order valence-electron chi connectivity index (χ1n) is 10.6. The zero-order chi connectivity index (χ0) is 19.0. The molecule has 0 saturated heterocycles. The molecule has 1 heterocycles. The third kappa shape index (κ3) is 4.80. The van der Waals surface area contributed by atoms with Crippen LogP contribution in [0.3, 0.4) is 0 Å². The third-order valence-corrected chi connectivity index (χ3v) is 5.57. The van der Waals surface area contributed by atoms with Crippen LogP contribution in [-0.4, -0.2) is 36.6 Å². The molecule has 0 unspecified atom stereocenters. The van der Waals surface area contributed by atoms with Crippen molar-refractivity contribution in [2.75, 3.05) is 13.1 Å². The monoisotopic (exact) mass is 374 g/mol. The minimum atomic E-state index is 0.234. The number of fused-ring (bicyclic) bond motifs is 3. The minimum Gasteiger partial charge on any atom is -0.383 e. The van der Waals surface area contributed by atoms with E-state index in [-0.39, 0.29) is 12.1 Å². The van der Waals surface area contributed by atoms with Crippen molar-refractivity contribution in [1.82, 2.24) is 10.6 Å². The van der Waals surface area contributed by atoms with Crippen molar-refractivity contribution in [3.8, 4) is 0 Å². The maximum absolute atomic E-state index is 5.20. The summed E-state index contributed by atoms with van der Waals surface area (Å²) in [6.45, 7) is 1.92. The van der Waals surface area contributed by atoms with E-state index in [1.54, 1.807) is 0 Å². The standard InChI is InChI=1S/C24H30N4/c1-3-11-19-21(13-5-1)27-23-15-7-8-16-24(23)28-22-14-6-2-4-12-20(22)26-18-10-9-17-25-19/h1-6,11-14,23-26H,7-10,15-18H2/t23-,24-/m1/s1. The van der Waals surface area contributed by atoms with Gasteiger partial charge < -0.3 is 10.6 Å². The van der Waals surface area contributed by atoms with Crippen LogP contribution < -0.4 is 10.6 Å². The first-order chi connectivity index (χ1) is 13.9. The Morgan fingerprint density at radius 3 is 1.61 bits per heavy atom. The number of hydrogen-bond donors (Lipinski definition) is 2. The van der Waals surface area contributed by atoms with Crippen LogP contribution in [0.4, 0.5) is 0 Å². The summed E-state index contributed by atoms with van der Waals surface area (Å²) in [6.07, 6.45) is 27.9. The molecule has 4 aliphatic rings. The Morgan fingerprint density at radius 1 is 0.607 bits per heavy atom. The van der Waals surface area contributed by atoms with Gasteiger partial charge in [-0.3, -0.25) is 9.98 Å². The number of allylic oxidation sites excluding steroid dienone is 10. The van der Waals surface area contributed by atoms with E-state index in [2.05, 4.69) is 71.4 Å². The molecule has 2 atom stereocenters. The molecule has 0 aromatic heterocycles. The van der Waals surface area contributed by atoms with Crippen LogP contribution in [0.25, 0.3) is 0 Å². The number of rotatable bonds is 0. The van der Waals surface area contributed by atoms with E-state index in [0.29, 0.717) is 0 Å². The van der Waals surface area contributed by atoms with Crippen LogP contribution in [0.5, 0.6) is 0 Å². The van der Waals surface area contributed by atoms with Crippen molar-refractivity contribution < 1.29 is 0 Å². The van der Waals surface area contributed by atoms with Crippen LogP contribution in [0.2, 0.25) is 0 Å². The molecule has 2 N–H and O–H groups in total. The van der Waals surface area contributed by atoms with Crippen LogP contribution in [0, 0.1) is 0 Å². The summed E-state index contributed by atoms with van der Waals surface area (Å²) >= 11 is 0. The number of nitrogens with zero attached hydrogens (tertiary/aromatic N) is 2. The summed E-state index contributed by atoms with van der Waals surface area (Å²) in [5.74, 6) is 0. The van der Waals surface area contributed by atoms with Crippen LogP contribution in [0.15, 0.2) is 82.1 Å². The second-order valence-electron chi connectivity index (χ2n) is 7.66. The molecule has 1 aliphatic heterocycles. The van der Waals surface area contributed by atoms with Gasteiger partial charge in [-0.2, -0.15) is 0 Å². The lowest BCUT2D eigenvalue weighted by Crippen LogP contribution is -2.32. The largest absolute Gasteiger partial charge is 0.383 e. The number of hydrogen-bond acceptors (Lipinski definition) is 4. The Bertz CT molecular complexity index is 736. The highest BCUT2D eigenvalue weighted by atomic mass is 15.0. The fraction of sp³-hybridized carbons (Fsp3) is 0.417. The molecule has 4 nitrogen and oxygen atoms in total. The van der Waals surface area contributed by atoms with Crippen molar-refractivity contribution in [2.24, 2.45) is 9.98 Å². The van der Waals surface area contributed by atoms with Crippen LogP contribution in [-0.2, 0) is 0 Å². The number of nitrogens with one attached hydrogen (secondary N) is 2. The Hall–Kier alpha value is -2.62. The first-order valence-corrected chi connectivity index (χ1v) is 10.6. The average molecular weight is 375 g/mol. The molecule has 0 aromatic rings. The van der Waals surface area contributed by atoms with Gasteiger partial charge in [0.1, 0.15) is 0 Å². The van der Waals surface area contributed by atoms with Gasteiger partial charge in [0, 0.05) is 13.1 Å². The van der Waals surface area contributed by atoms with Gasteiger partial charge in [0.15, 0.2) is 0 Å². The molecule has 0 aromatic carbocycles. The SMILES string of the molecule is C1=CC=C2NCCCCNC3=CC=CC=CC3=N[C@@H]3CCCC[C@H]3N=C2C=C1. The van der Waals surface area contributed by atoms with Gasteiger partial charge in [0.2, 0.25) is 0 Å². The Balaban J connectivity index is 1.70. The lowest BCUT2D eigenvalue weighted by molar-refractivity contribution is 0.388. The van der Waals surface area contributed by atoms with Gasteiger partial charge in [0.05, 0.1) is 34.9 Å². The van der Waals surface area contributed by atoms with Gasteiger partial charge >= 0.3 is 0 Å². The second-order valence-corrected chi connectivity index (χ2v) is 7.66.